The third-order valence-electron chi connectivity index (χ3n) is 4.14. The van der Waals surface area contributed by atoms with Gasteiger partial charge in [-0.1, -0.05) is 23.7 Å². The van der Waals surface area contributed by atoms with Crippen LogP contribution in [0, 0.1) is 0 Å². The maximum Gasteiger partial charge on any atom is 0.432 e. The Kier molecular flexibility index (Phi) is 6.36. The summed E-state index contributed by atoms with van der Waals surface area (Å²) in [6.45, 7) is 1.93. The predicted octanol–water partition coefficient (Wildman–Crippen LogP) is 3.93. The monoisotopic (exact) mass is 415 g/mol. The van der Waals surface area contributed by atoms with Crippen LogP contribution in [-0.4, -0.2) is 36.8 Å². The number of hydrogen-bond acceptors (Lipinski definition) is 4. The first-order chi connectivity index (χ1) is 13.1. The number of halogens is 4. The van der Waals surface area contributed by atoms with Crippen LogP contribution in [0.2, 0.25) is 5.02 Å². The van der Waals surface area contributed by atoms with Gasteiger partial charge in [0.15, 0.2) is 0 Å². The summed E-state index contributed by atoms with van der Waals surface area (Å²) in [5, 5.41) is 10.5. The number of aliphatic hydroxyl groups is 1. The van der Waals surface area contributed by atoms with Gasteiger partial charge >= 0.3 is 12.1 Å². The standard InChI is InChI=1S/C19H17ClF3NO4/c1-3-24(16(25)12-4-8-14(20)9-5-12)15-10-6-13(7-11-15)18(27,17(26)28-2)19(21,22)23/h4-11,27H,3H2,1-2H3. The number of alkyl halides is 3. The third kappa shape index (κ3) is 3.98. The predicted molar refractivity (Wildman–Crippen MR) is 97.2 cm³/mol. The molecule has 1 unspecified atom stereocenters. The van der Waals surface area contributed by atoms with Gasteiger partial charge in [-0.2, -0.15) is 13.2 Å². The van der Waals surface area contributed by atoms with Crippen LogP contribution in [0.5, 0.6) is 0 Å². The van der Waals surface area contributed by atoms with E-state index in [9.17, 15) is 27.9 Å². The second-order valence-corrected chi connectivity index (χ2v) is 6.24. The molecule has 1 N–H and O–H groups in total. The van der Waals surface area contributed by atoms with E-state index >= 15 is 0 Å². The lowest BCUT2D eigenvalue weighted by Crippen LogP contribution is -2.49. The van der Waals surface area contributed by atoms with Crippen LogP contribution in [0.3, 0.4) is 0 Å². The number of methoxy groups -OCH3 is 1. The second-order valence-electron chi connectivity index (χ2n) is 5.80. The van der Waals surface area contributed by atoms with Crippen molar-refractivity contribution in [3.05, 3.63) is 64.7 Å². The van der Waals surface area contributed by atoms with Crippen LogP contribution in [0.15, 0.2) is 48.5 Å². The minimum absolute atomic E-state index is 0.237. The van der Waals surface area contributed by atoms with Crippen LogP contribution >= 0.6 is 11.6 Å². The van der Waals surface area contributed by atoms with Crippen LogP contribution in [0.4, 0.5) is 18.9 Å². The zero-order valence-electron chi connectivity index (χ0n) is 15.0. The molecule has 1 amide bonds. The van der Waals surface area contributed by atoms with Gasteiger partial charge < -0.3 is 14.7 Å². The van der Waals surface area contributed by atoms with E-state index in [2.05, 4.69) is 4.74 Å². The van der Waals surface area contributed by atoms with E-state index < -0.39 is 23.3 Å². The van der Waals surface area contributed by atoms with Crippen molar-refractivity contribution in [2.45, 2.75) is 18.7 Å². The number of rotatable bonds is 5. The van der Waals surface area contributed by atoms with Gasteiger partial charge in [0.25, 0.3) is 11.5 Å². The minimum atomic E-state index is -5.29. The number of carbonyl (C=O) groups is 2. The van der Waals surface area contributed by atoms with E-state index in [1.54, 1.807) is 19.1 Å². The van der Waals surface area contributed by atoms with Crippen molar-refractivity contribution in [1.29, 1.82) is 0 Å². The Morgan fingerprint density at radius 2 is 1.61 bits per heavy atom. The third-order valence-corrected chi connectivity index (χ3v) is 4.39. The molecule has 0 radical (unpaired) electrons. The smallest absolute Gasteiger partial charge is 0.432 e. The van der Waals surface area contributed by atoms with E-state index in [-0.39, 0.29) is 12.5 Å². The van der Waals surface area contributed by atoms with Crippen molar-refractivity contribution in [2.24, 2.45) is 0 Å². The fourth-order valence-electron chi connectivity index (χ4n) is 2.62. The molecule has 0 aromatic heterocycles. The molecule has 9 heteroatoms. The summed E-state index contributed by atoms with van der Waals surface area (Å²) in [5.41, 5.74) is -3.89. The summed E-state index contributed by atoms with van der Waals surface area (Å²) >= 11 is 5.80. The summed E-state index contributed by atoms with van der Waals surface area (Å²) in [4.78, 5) is 25.6. The van der Waals surface area contributed by atoms with Crippen molar-refractivity contribution in [3.63, 3.8) is 0 Å². The van der Waals surface area contributed by atoms with Gasteiger partial charge in [-0.15, -0.1) is 0 Å². The average Bonchev–Trinajstić information content (AvgIpc) is 2.67. The molecule has 28 heavy (non-hydrogen) atoms. The zero-order chi connectivity index (χ0) is 21.1. The van der Waals surface area contributed by atoms with E-state index in [4.69, 9.17) is 11.6 Å². The SMILES string of the molecule is CCN(C(=O)c1ccc(Cl)cc1)c1ccc(C(O)(C(=O)OC)C(F)(F)F)cc1. The number of anilines is 1. The molecule has 2 aromatic carbocycles. The van der Waals surface area contributed by atoms with Gasteiger partial charge in [-0.25, -0.2) is 4.79 Å². The highest BCUT2D eigenvalue weighted by Crippen LogP contribution is 2.40. The first kappa shape index (κ1) is 21.7. The van der Waals surface area contributed by atoms with Crippen molar-refractivity contribution in [3.8, 4) is 0 Å². The first-order valence-electron chi connectivity index (χ1n) is 8.11. The van der Waals surface area contributed by atoms with Crippen LogP contribution < -0.4 is 4.90 Å². The number of carbonyl (C=O) groups excluding carboxylic acids is 2. The van der Waals surface area contributed by atoms with E-state index in [0.717, 1.165) is 19.2 Å². The van der Waals surface area contributed by atoms with Crippen molar-refractivity contribution in [2.75, 3.05) is 18.6 Å². The molecular weight excluding hydrogens is 399 g/mol. The van der Waals surface area contributed by atoms with Gasteiger partial charge in [0, 0.05) is 28.4 Å². The fraction of sp³-hybridized carbons (Fsp3) is 0.263. The van der Waals surface area contributed by atoms with Crippen molar-refractivity contribution in [1.82, 2.24) is 0 Å². The lowest BCUT2D eigenvalue weighted by molar-refractivity contribution is -0.266. The molecule has 0 saturated carbocycles. The van der Waals surface area contributed by atoms with E-state index in [1.165, 1.54) is 29.2 Å². The Labute approximate surface area is 164 Å². The van der Waals surface area contributed by atoms with Gasteiger partial charge in [0.2, 0.25) is 0 Å². The number of amides is 1. The Morgan fingerprint density at radius 3 is 2.04 bits per heavy atom. The van der Waals surface area contributed by atoms with Gasteiger partial charge in [-0.05, 0) is 43.3 Å². The summed E-state index contributed by atoms with van der Waals surface area (Å²) in [6, 6.07) is 10.4. The molecule has 0 fully saturated rings. The minimum Gasteiger partial charge on any atom is -0.466 e. The van der Waals surface area contributed by atoms with Crippen molar-refractivity contribution < 1.29 is 32.6 Å². The highest BCUT2D eigenvalue weighted by molar-refractivity contribution is 6.30. The molecule has 150 valence electrons. The number of nitrogens with zero attached hydrogens (tertiary/aromatic N) is 1. The molecule has 0 aliphatic heterocycles. The first-order valence-corrected chi connectivity index (χ1v) is 8.49. The highest BCUT2D eigenvalue weighted by atomic mass is 35.5. The number of ether oxygens (including phenoxy) is 1. The molecule has 0 aliphatic rings. The zero-order valence-corrected chi connectivity index (χ0v) is 15.7. The van der Waals surface area contributed by atoms with Crippen LogP contribution in [0.1, 0.15) is 22.8 Å². The maximum atomic E-state index is 13.3. The molecule has 0 bridgehead atoms. The Hall–Kier alpha value is -2.58. The normalized spacial score (nSPS) is 13.5. The molecule has 2 rings (SSSR count). The number of benzene rings is 2. The van der Waals surface area contributed by atoms with E-state index in [1.807, 2.05) is 0 Å². The molecule has 2 aromatic rings. The second kappa shape index (κ2) is 8.20. The van der Waals surface area contributed by atoms with E-state index in [0.29, 0.717) is 16.3 Å². The topological polar surface area (TPSA) is 66.8 Å². The number of hydrogen-bond donors (Lipinski definition) is 1. The highest BCUT2D eigenvalue weighted by Gasteiger charge is 2.62. The van der Waals surface area contributed by atoms with Gasteiger partial charge in [-0.3, -0.25) is 4.79 Å². The lowest BCUT2D eigenvalue weighted by Gasteiger charge is -2.28. The van der Waals surface area contributed by atoms with Crippen LogP contribution in [-0.2, 0) is 15.1 Å². The quantitative estimate of drug-likeness (QED) is 0.751. The maximum absolute atomic E-state index is 13.3. The van der Waals surface area contributed by atoms with Crippen LogP contribution in [0.25, 0.3) is 0 Å². The van der Waals surface area contributed by atoms with Crippen molar-refractivity contribution >= 4 is 29.2 Å². The number of esters is 1. The molecule has 0 aliphatic carbocycles. The molecule has 0 spiro atoms. The average molecular weight is 416 g/mol. The molecule has 5 nitrogen and oxygen atoms in total. The molecule has 0 heterocycles. The molecule has 0 saturated heterocycles. The Balaban J connectivity index is 2.39. The summed E-state index contributed by atoms with van der Waals surface area (Å²) in [7, 11) is 0.747. The summed E-state index contributed by atoms with van der Waals surface area (Å²) in [6.07, 6.45) is -5.29. The largest absolute Gasteiger partial charge is 0.466 e. The van der Waals surface area contributed by atoms with Gasteiger partial charge in [0.1, 0.15) is 0 Å². The Morgan fingerprint density at radius 1 is 1.07 bits per heavy atom. The lowest BCUT2D eigenvalue weighted by atomic mass is 9.93. The summed E-state index contributed by atoms with van der Waals surface area (Å²) < 4.78 is 44.0. The molecule has 1 atom stereocenters. The fourth-order valence-corrected chi connectivity index (χ4v) is 2.75. The summed E-state index contributed by atoms with van der Waals surface area (Å²) in [5.74, 6) is -2.23. The molecular formula is C19H17ClF3NO4. The van der Waals surface area contributed by atoms with Gasteiger partial charge in [0.05, 0.1) is 7.11 Å². The Bertz CT molecular complexity index is 853.